The van der Waals surface area contributed by atoms with E-state index in [0.29, 0.717) is 41.3 Å². The van der Waals surface area contributed by atoms with Crippen LogP contribution in [0.4, 0.5) is 0 Å². The van der Waals surface area contributed by atoms with Gasteiger partial charge in [0, 0.05) is 24.0 Å². The van der Waals surface area contributed by atoms with E-state index < -0.39 is 51.9 Å². The molecular formula is C38H51ClN6O7S. The van der Waals surface area contributed by atoms with Gasteiger partial charge in [0.05, 0.1) is 25.0 Å². The minimum absolute atomic E-state index is 0.0735. The van der Waals surface area contributed by atoms with E-state index in [4.69, 9.17) is 26.5 Å². The minimum atomic E-state index is -3.77. The van der Waals surface area contributed by atoms with Gasteiger partial charge in [0.25, 0.3) is 5.89 Å². The fourth-order valence-electron chi connectivity index (χ4n) is 7.85. The Morgan fingerprint density at radius 2 is 1.74 bits per heavy atom. The summed E-state index contributed by atoms with van der Waals surface area (Å²) in [5.41, 5.74) is 8.04. The summed E-state index contributed by atoms with van der Waals surface area (Å²) < 4.78 is 39.7. The molecular weight excluding hydrogens is 720 g/mol. The number of hydrogen-bond donors (Lipinski definition) is 4. The molecule has 1 aliphatic carbocycles. The van der Waals surface area contributed by atoms with Gasteiger partial charge < -0.3 is 30.4 Å². The molecule has 0 radical (unpaired) electrons. The maximum Gasteiger partial charge on any atom is 0.266 e. The Labute approximate surface area is 316 Å². The Balaban J connectivity index is 1.24. The van der Waals surface area contributed by atoms with Crippen LogP contribution in [0.15, 0.2) is 52.9 Å². The van der Waals surface area contributed by atoms with E-state index in [9.17, 15) is 22.8 Å². The van der Waals surface area contributed by atoms with Crippen LogP contribution in [-0.2, 0) is 31.0 Å². The summed E-state index contributed by atoms with van der Waals surface area (Å²) in [5.74, 6) is -1.06. The highest BCUT2D eigenvalue weighted by Crippen LogP contribution is 2.30. The number of aromatic nitrogens is 1. The number of Topliss-reactive ketones (excluding diaryl/α,β-unsaturated/α-hetero) is 1. The third-order valence-corrected chi connectivity index (χ3v) is 11.8. The lowest BCUT2D eigenvalue weighted by Gasteiger charge is -2.31. The topological polar surface area (TPSA) is 186 Å². The highest BCUT2D eigenvalue weighted by atomic mass is 35.5. The van der Waals surface area contributed by atoms with Gasteiger partial charge in [-0.25, -0.2) is 18.1 Å². The minimum Gasteiger partial charge on any atom is -0.434 e. The first kappa shape index (κ1) is 39.3. The first-order chi connectivity index (χ1) is 25.4. The average molecular weight is 771 g/mol. The first-order valence-electron chi connectivity index (χ1n) is 18.7. The number of ether oxygens (including phenoxy) is 1. The van der Waals surface area contributed by atoms with Crippen molar-refractivity contribution in [2.45, 2.75) is 101 Å². The van der Waals surface area contributed by atoms with Crippen molar-refractivity contribution in [1.82, 2.24) is 25.2 Å². The number of nitrogens with one attached hydrogen (secondary N) is 3. The number of carbonyl (C=O) groups is 3. The number of para-hydroxylation sites is 2. The third kappa shape index (κ3) is 10.9. The average Bonchev–Trinajstić information content (AvgIpc) is 3.78. The molecule has 6 rings (SSSR count). The highest BCUT2D eigenvalue weighted by molar-refractivity contribution is 7.88. The number of rotatable bonds is 15. The predicted octanol–water partition coefficient (Wildman–Crippen LogP) is 3.94. The zero-order valence-electron chi connectivity index (χ0n) is 30.2. The number of carbonyl (C=O) groups excluding carboxylic acids is 3. The first-order valence-corrected chi connectivity index (χ1v) is 21.0. The molecule has 2 aliphatic heterocycles. The van der Waals surface area contributed by atoms with Crippen LogP contribution in [0.1, 0.15) is 80.5 Å². The van der Waals surface area contributed by atoms with Gasteiger partial charge in [-0.1, -0.05) is 35.9 Å². The number of hydrogen-bond acceptors (Lipinski definition) is 10. The molecule has 15 heteroatoms. The zero-order valence-corrected chi connectivity index (χ0v) is 31.7. The number of piperidine rings is 1. The van der Waals surface area contributed by atoms with Crippen LogP contribution in [0.3, 0.4) is 0 Å². The number of likely N-dealkylation sites (tertiary alicyclic amines) is 1. The molecule has 3 aromatic rings. The summed E-state index contributed by atoms with van der Waals surface area (Å²) in [6.07, 6.45) is 7.15. The predicted molar refractivity (Wildman–Crippen MR) is 202 cm³/mol. The molecule has 2 amide bonds. The second-order valence-corrected chi connectivity index (χ2v) is 17.2. The Hall–Kier alpha value is -3.40. The lowest BCUT2D eigenvalue weighted by Crippen LogP contribution is -2.55. The summed E-state index contributed by atoms with van der Waals surface area (Å²) in [6, 6.07) is 11.4. The molecule has 0 spiro atoms. The van der Waals surface area contributed by atoms with Gasteiger partial charge >= 0.3 is 0 Å². The second kappa shape index (κ2) is 17.8. The molecule has 3 heterocycles. The van der Waals surface area contributed by atoms with Crippen molar-refractivity contribution >= 4 is 50.3 Å². The number of fused-ring (bicyclic) bond motifs is 1. The highest BCUT2D eigenvalue weighted by Gasteiger charge is 2.44. The van der Waals surface area contributed by atoms with Crippen molar-refractivity contribution in [2.75, 3.05) is 25.9 Å². The van der Waals surface area contributed by atoms with Crippen molar-refractivity contribution in [2.24, 2.45) is 17.6 Å². The fourth-order valence-corrected chi connectivity index (χ4v) is 8.71. The maximum atomic E-state index is 14.4. The lowest BCUT2D eigenvalue weighted by molar-refractivity contribution is -0.140. The molecule has 3 aliphatic rings. The molecule has 0 bridgehead atoms. The van der Waals surface area contributed by atoms with E-state index in [1.807, 2.05) is 12.1 Å². The zero-order chi connectivity index (χ0) is 37.5. The van der Waals surface area contributed by atoms with E-state index in [-0.39, 0.29) is 37.4 Å². The Morgan fingerprint density at radius 3 is 2.43 bits per heavy atom. The van der Waals surface area contributed by atoms with Crippen molar-refractivity contribution in [3.8, 4) is 0 Å². The van der Waals surface area contributed by atoms with Crippen LogP contribution < -0.4 is 21.1 Å². The standard InChI is InChI=1S/C38H51ClN6O7S/c1-53(49,50)44-31(15-10-24-16-18-41-19-17-24)38(48)45-22-29(51-23-26-6-11-27(39)12-7-26)21-33(45)36(47)42-32(20-25-8-13-28(40)14-9-25)35(46)37-43-30-4-2-3-5-34(30)52-37/h2-7,11-12,24-25,28-29,31-33,41,44H,8-10,13-23,40H2,1H3,(H,42,47)/t25-,28-,29-,31-,32+,33+/m1/s1. The lowest BCUT2D eigenvalue weighted by atomic mass is 9.82. The molecule has 1 saturated carbocycles. The fraction of sp³-hybridized carbons (Fsp3) is 0.579. The van der Waals surface area contributed by atoms with Gasteiger partial charge in [-0.3, -0.25) is 14.4 Å². The quantitative estimate of drug-likeness (QED) is 0.165. The van der Waals surface area contributed by atoms with Crippen LogP contribution in [0.2, 0.25) is 5.02 Å². The Morgan fingerprint density at radius 1 is 1.02 bits per heavy atom. The van der Waals surface area contributed by atoms with Gasteiger partial charge in [-0.15, -0.1) is 0 Å². The summed E-state index contributed by atoms with van der Waals surface area (Å²) in [6.45, 7) is 2.05. The normalized spacial score (nSPS) is 23.9. The van der Waals surface area contributed by atoms with Gasteiger partial charge in [0.1, 0.15) is 17.6 Å². The van der Waals surface area contributed by atoms with Gasteiger partial charge in [-0.2, -0.15) is 0 Å². The van der Waals surface area contributed by atoms with Crippen molar-refractivity contribution in [3.05, 3.63) is 65.0 Å². The molecule has 5 N–H and O–H groups in total. The molecule has 1 aromatic heterocycles. The Kier molecular flexibility index (Phi) is 13.2. The molecule has 3 fully saturated rings. The summed E-state index contributed by atoms with van der Waals surface area (Å²) >= 11 is 6.07. The molecule has 13 nitrogen and oxygen atoms in total. The summed E-state index contributed by atoms with van der Waals surface area (Å²) in [4.78, 5) is 48.7. The van der Waals surface area contributed by atoms with Gasteiger partial charge in [0.15, 0.2) is 5.58 Å². The number of nitrogens with two attached hydrogens (primary N) is 1. The summed E-state index contributed by atoms with van der Waals surface area (Å²) in [5, 5.41) is 6.91. The third-order valence-electron chi connectivity index (χ3n) is 10.8. The number of nitrogens with zero attached hydrogens (tertiary/aromatic N) is 2. The SMILES string of the molecule is CS(=O)(=O)N[C@H](CCC1CCNCC1)C(=O)N1C[C@H](OCc2ccc(Cl)cc2)C[C@H]1C(=O)N[C@@H](C[C@H]1CC[C@H](N)CC1)C(=O)c1nc2ccccc2o1. The number of halogens is 1. The second-order valence-electron chi connectivity index (χ2n) is 14.9. The van der Waals surface area contributed by atoms with Gasteiger partial charge in [0.2, 0.25) is 27.6 Å². The molecule has 2 aromatic carbocycles. The molecule has 2 saturated heterocycles. The monoisotopic (exact) mass is 770 g/mol. The number of sulfonamides is 1. The van der Waals surface area contributed by atoms with Crippen LogP contribution in [0.25, 0.3) is 11.1 Å². The molecule has 4 atom stereocenters. The van der Waals surface area contributed by atoms with Crippen LogP contribution in [0, 0.1) is 11.8 Å². The number of oxazole rings is 1. The van der Waals surface area contributed by atoms with Crippen LogP contribution >= 0.6 is 11.6 Å². The maximum absolute atomic E-state index is 14.4. The number of amides is 2. The van der Waals surface area contributed by atoms with Crippen molar-refractivity contribution < 1.29 is 32.0 Å². The Bertz CT molecular complexity index is 1790. The largest absolute Gasteiger partial charge is 0.434 e. The van der Waals surface area contributed by atoms with Crippen molar-refractivity contribution in [3.63, 3.8) is 0 Å². The van der Waals surface area contributed by atoms with E-state index in [2.05, 4.69) is 20.3 Å². The number of benzene rings is 2. The van der Waals surface area contributed by atoms with E-state index in [1.165, 1.54) is 4.90 Å². The van der Waals surface area contributed by atoms with E-state index in [1.54, 1.807) is 36.4 Å². The van der Waals surface area contributed by atoms with E-state index >= 15 is 0 Å². The summed E-state index contributed by atoms with van der Waals surface area (Å²) in [7, 11) is -3.77. The van der Waals surface area contributed by atoms with Crippen molar-refractivity contribution in [1.29, 1.82) is 0 Å². The molecule has 0 unspecified atom stereocenters. The van der Waals surface area contributed by atoms with Crippen LogP contribution in [-0.4, -0.2) is 92.1 Å². The smallest absolute Gasteiger partial charge is 0.266 e. The number of ketones is 1. The van der Waals surface area contributed by atoms with Crippen LogP contribution in [0.5, 0.6) is 0 Å². The van der Waals surface area contributed by atoms with E-state index in [0.717, 1.165) is 63.4 Å². The van der Waals surface area contributed by atoms with Gasteiger partial charge in [-0.05, 0) is 113 Å². The molecule has 53 heavy (non-hydrogen) atoms. The molecule has 288 valence electrons.